The fourth-order valence-electron chi connectivity index (χ4n) is 2.01. The summed E-state index contributed by atoms with van der Waals surface area (Å²) in [6.45, 7) is 2.19. The Bertz CT molecular complexity index is 183. The SMILES string of the molecule is CCC1CCC(N)(C(=O)OC)CC1. The van der Waals surface area contributed by atoms with Crippen LogP contribution in [0.25, 0.3) is 0 Å². The van der Waals surface area contributed by atoms with Gasteiger partial charge in [0.1, 0.15) is 5.54 Å². The van der Waals surface area contributed by atoms with Crippen LogP contribution in [0.4, 0.5) is 0 Å². The fourth-order valence-corrected chi connectivity index (χ4v) is 2.01. The second-order valence-corrected chi connectivity index (χ2v) is 4.00. The minimum Gasteiger partial charge on any atom is -0.468 e. The van der Waals surface area contributed by atoms with Crippen LogP contribution >= 0.6 is 0 Å². The molecule has 0 saturated heterocycles. The molecule has 2 N–H and O–H groups in total. The molecule has 0 aromatic heterocycles. The lowest BCUT2D eigenvalue weighted by Crippen LogP contribution is -2.51. The van der Waals surface area contributed by atoms with Crippen molar-refractivity contribution in [3.63, 3.8) is 0 Å². The third-order valence-electron chi connectivity index (χ3n) is 3.17. The van der Waals surface area contributed by atoms with Crippen LogP contribution in [0.3, 0.4) is 0 Å². The van der Waals surface area contributed by atoms with Gasteiger partial charge in [-0.1, -0.05) is 13.3 Å². The molecule has 0 aliphatic heterocycles. The molecule has 0 heterocycles. The van der Waals surface area contributed by atoms with E-state index in [9.17, 15) is 4.79 Å². The van der Waals surface area contributed by atoms with Crippen LogP contribution in [0.2, 0.25) is 0 Å². The molecule has 0 spiro atoms. The summed E-state index contributed by atoms with van der Waals surface area (Å²) in [5.74, 6) is 0.503. The van der Waals surface area contributed by atoms with Crippen molar-refractivity contribution in [1.82, 2.24) is 0 Å². The molecule has 0 radical (unpaired) electrons. The van der Waals surface area contributed by atoms with Gasteiger partial charge >= 0.3 is 5.97 Å². The molecule has 1 saturated carbocycles. The van der Waals surface area contributed by atoms with E-state index in [2.05, 4.69) is 6.92 Å². The zero-order valence-corrected chi connectivity index (χ0v) is 8.51. The number of esters is 1. The monoisotopic (exact) mass is 185 g/mol. The van der Waals surface area contributed by atoms with E-state index in [0.29, 0.717) is 0 Å². The predicted molar refractivity (Wildman–Crippen MR) is 51.2 cm³/mol. The Morgan fingerprint density at radius 3 is 2.46 bits per heavy atom. The normalized spacial score (nSPS) is 34.2. The maximum Gasteiger partial charge on any atom is 0.325 e. The fraction of sp³-hybridized carbons (Fsp3) is 0.900. The molecular weight excluding hydrogens is 166 g/mol. The van der Waals surface area contributed by atoms with Gasteiger partial charge in [-0.3, -0.25) is 4.79 Å². The zero-order chi connectivity index (χ0) is 9.90. The minimum atomic E-state index is -0.694. The molecule has 0 atom stereocenters. The number of nitrogens with two attached hydrogens (primary N) is 1. The van der Waals surface area contributed by atoms with Crippen molar-refractivity contribution >= 4 is 5.97 Å². The van der Waals surface area contributed by atoms with Crippen LogP contribution in [0.1, 0.15) is 39.0 Å². The molecule has 76 valence electrons. The summed E-state index contributed by atoms with van der Waals surface area (Å²) in [6, 6.07) is 0. The second-order valence-electron chi connectivity index (χ2n) is 4.00. The Kier molecular flexibility index (Phi) is 3.31. The second kappa shape index (κ2) is 4.09. The third-order valence-corrected chi connectivity index (χ3v) is 3.17. The summed E-state index contributed by atoms with van der Waals surface area (Å²) in [5.41, 5.74) is 5.26. The molecule has 1 aliphatic carbocycles. The lowest BCUT2D eigenvalue weighted by Gasteiger charge is -2.34. The van der Waals surface area contributed by atoms with Gasteiger partial charge in [-0.2, -0.15) is 0 Å². The van der Waals surface area contributed by atoms with Crippen molar-refractivity contribution in [2.45, 2.75) is 44.6 Å². The highest BCUT2D eigenvalue weighted by atomic mass is 16.5. The third kappa shape index (κ3) is 2.21. The van der Waals surface area contributed by atoms with E-state index in [1.54, 1.807) is 0 Å². The molecule has 0 bridgehead atoms. The van der Waals surface area contributed by atoms with Gasteiger partial charge in [0.25, 0.3) is 0 Å². The molecule has 13 heavy (non-hydrogen) atoms. The maximum absolute atomic E-state index is 11.3. The van der Waals surface area contributed by atoms with Crippen molar-refractivity contribution < 1.29 is 9.53 Å². The molecule has 0 aromatic carbocycles. The molecule has 1 fully saturated rings. The first-order chi connectivity index (χ1) is 6.12. The topological polar surface area (TPSA) is 52.3 Å². The number of hydrogen-bond donors (Lipinski definition) is 1. The van der Waals surface area contributed by atoms with Gasteiger partial charge in [-0.15, -0.1) is 0 Å². The maximum atomic E-state index is 11.3. The molecule has 1 rings (SSSR count). The van der Waals surface area contributed by atoms with Crippen molar-refractivity contribution in [3.8, 4) is 0 Å². The lowest BCUT2D eigenvalue weighted by molar-refractivity contribution is -0.148. The molecule has 0 unspecified atom stereocenters. The molecule has 0 aromatic rings. The van der Waals surface area contributed by atoms with Crippen LogP contribution in [0.15, 0.2) is 0 Å². The zero-order valence-electron chi connectivity index (χ0n) is 8.51. The summed E-state index contributed by atoms with van der Waals surface area (Å²) in [7, 11) is 1.41. The Morgan fingerprint density at radius 2 is 2.08 bits per heavy atom. The van der Waals surface area contributed by atoms with Crippen LogP contribution in [0, 0.1) is 5.92 Å². The quantitative estimate of drug-likeness (QED) is 0.662. The summed E-state index contributed by atoms with van der Waals surface area (Å²) < 4.78 is 4.70. The highest BCUT2D eigenvalue weighted by Gasteiger charge is 2.38. The van der Waals surface area contributed by atoms with Crippen molar-refractivity contribution in [3.05, 3.63) is 0 Å². The largest absolute Gasteiger partial charge is 0.468 e. The first kappa shape index (κ1) is 10.5. The summed E-state index contributed by atoms with van der Waals surface area (Å²) >= 11 is 0. The smallest absolute Gasteiger partial charge is 0.325 e. The number of hydrogen-bond acceptors (Lipinski definition) is 3. The highest BCUT2D eigenvalue weighted by molar-refractivity contribution is 5.80. The molecule has 3 heteroatoms. The van der Waals surface area contributed by atoms with E-state index in [0.717, 1.165) is 31.6 Å². The summed E-state index contributed by atoms with van der Waals surface area (Å²) in [4.78, 5) is 11.3. The van der Waals surface area contributed by atoms with E-state index in [-0.39, 0.29) is 5.97 Å². The Hall–Kier alpha value is -0.570. The number of rotatable bonds is 2. The summed E-state index contributed by atoms with van der Waals surface area (Å²) in [6.07, 6.45) is 4.86. The first-order valence-electron chi connectivity index (χ1n) is 4.99. The molecule has 3 nitrogen and oxygen atoms in total. The lowest BCUT2D eigenvalue weighted by atomic mass is 9.76. The van der Waals surface area contributed by atoms with Crippen LogP contribution < -0.4 is 5.73 Å². The van der Waals surface area contributed by atoms with E-state index < -0.39 is 5.54 Å². The number of ether oxygens (including phenoxy) is 1. The van der Waals surface area contributed by atoms with E-state index in [1.807, 2.05) is 0 Å². The highest BCUT2D eigenvalue weighted by Crippen LogP contribution is 2.32. The Morgan fingerprint density at radius 1 is 1.54 bits per heavy atom. The molecular formula is C10H19NO2. The molecule has 1 aliphatic rings. The Balaban J connectivity index is 2.51. The van der Waals surface area contributed by atoms with E-state index in [4.69, 9.17) is 10.5 Å². The average molecular weight is 185 g/mol. The van der Waals surface area contributed by atoms with Gasteiger partial charge in [0.2, 0.25) is 0 Å². The first-order valence-corrected chi connectivity index (χ1v) is 4.99. The van der Waals surface area contributed by atoms with Gasteiger partial charge in [0.15, 0.2) is 0 Å². The number of carbonyl (C=O) groups is 1. The van der Waals surface area contributed by atoms with Gasteiger partial charge in [-0.05, 0) is 31.6 Å². The number of methoxy groups -OCH3 is 1. The van der Waals surface area contributed by atoms with Gasteiger partial charge in [-0.25, -0.2) is 0 Å². The molecule has 0 amide bonds. The van der Waals surface area contributed by atoms with Crippen LogP contribution in [-0.4, -0.2) is 18.6 Å². The van der Waals surface area contributed by atoms with Crippen molar-refractivity contribution in [2.75, 3.05) is 7.11 Å². The van der Waals surface area contributed by atoms with Gasteiger partial charge < -0.3 is 10.5 Å². The minimum absolute atomic E-state index is 0.248. The predicted octanol–water partition coefficient (Wildman–Crippen LogP) is 1.46. The summed E-state index contributed by atoms with van der Waals surface area (Å²) in [5, 5.41) is 0. The van der Waals surface area contributed by atoms with Gasteiger partial charge in [0.05, 0.1) is 7.11 Å². The Labute approximate surface area is 79.6 Å². The van der Waals surface area contributed by atoms with E-state index >= 15 is 0 Å². The number of carbonyl (C=O) groups excluding carboxylic acids is 1. The van der Waals surface area contributed by atoms with E-state index in [1.165, 1.54) is 13.5 Å². The average Bonchev–Trinajstić information content (AvgIpc) is 2.18. The van der Waals surface area contributed by atoms with Gasteiger partial charge in [0, 0.05) is 0 Å². The van der Waals surface area contributed by atoms with Crippen molar-refractivity contribution in [2.24, 2.45) is 11.7 Å². The van der Waals surface area contributed by atoms with Crippen molar-refractivity contribution in [1.29, 1.82) is 0 Å². The standard InChI is InChI=1S/C10H19NO2/c1-3-8-4-6-10(11,7-5-8)9(12)13-2/h8H,3-7,11H2,1-2H3. The van der Waals surface area contributed by atoms with Crippen LogP contribution in [-0.2, 0) is 9.53 Å². The van der Waals surface area contributed by atoms with Crippen LogP contribution in [0.5, 0.6) is 0 Å².